The summed E-state index contributed by atoms with van der Waals surface area (Å²) in [7, 11) is 0. The topological polar surface area (TPSA) is 75.3 Å². The molecule has 1 saturated heterocycles. The molecule has 2 N–H and O–H groups in total. The van der Waals surface area contributed by atoms with E-state index < -0.39 is 23.8 Å². The molecule has 0 spiro atoms. The predicted octanol–water partition coefficient (Wildman–Crippen LogP) is -2.87. The van der Waals surface area contributed by atoms with Crippen LogP contribution in [0, 0.1) is 11.8 Å². The Morgan fingerprint density at radius 1 is 1.29 bits per heavy atom. The second-order valence-corrected chi connectivity index (χ2v) is 3.17. The molecule has 74 valence electrons. The van der Waals surface area contributed by atoms with Crippen molar-refractivity contribution in [1.82, 2.24) is 10.6 Å². The first-order chi connectivity index (χ1) is 6.06. The van der Waals surface area contributed by atoms with E-state index in [2.05, 4.69) is 10.6 Å². The largest absolute Gasteiger partial charge is 1.00 e. The van der Waals surface area contributed by atoms with Crippen molar-refractivity contribution in [3.63, 3.8) is 0 Å². The molecule has 0 radical (unpaired) electrons. The van der Waals surface area contributed by atoms with Gasteiger partial charge >= 0.3 is 35.6 Å². The monoisotopic (exact) mass is 208 g/mol. The van der Waals surface area contributed by atoms with Gasteiger partial charge in [-0.05, 0) is 5.92 Å². The molecule has 14 heavy (non-hydrogen) atoms. The fourth-order valence-electron chi connectivity index (χ4n) is 1.28. The average Bonchev–Trinajstić information content (AvgIpc) is 2.02. The second-order valence-electron chi connectivity index (χ2n) is 3.17. The van der Waals surface area contributed by atoms with Gasteiger partial charge in [-0.25, -0.2) is 4.79 Å². The van der Waals surface area contributed by atoms with Gasteiger partial charge in [0.1, 0.15) is 5.92 Å². The number of nitrogens with one attached hydrogen (secondary N) is 2. The Hall–Kier alpha value is -0.390. The number of amides is 4. The van der Waals surface area contributed by atoms with E-state index in [4.69, 9.17) is 0 Å². The van der Waals surface area contributed by atoms with E-state index in [1.807, 2.05) is 6.92 Å². The van der Waals surface area contributed by atoms with Crippen LogP contribution < -0.4 is 40.2 Å². The van der Waals surface area contributed by atoms with E-state index in [-0.39, 0.29) is 36.9 Å². The van der Waals surface area contributed by atoms with Gasteiger partial charge in [-0.15, -0.1) is 0 Å². The fourth-order valence-corrected chi connectivity index (χ4v) is 1.28. The van der Waals surface area contributed by atoms with Crippen molar-refractivity contribution in [2.45, 2.75) is 20.3 Å². The third kappa shape index (κ3) is 2.80. The summed E-state index contributed by atoms with van der Waals surface area (Å²) in [5, 5.41) is 4.13. The predicted molar refractivity (Wildman–Crippen MR) is 45.7 cm³/mol. The molecular weight excluding hydrogens is 195 g/mol. The molecule has 1 atom stereocenters. The number of hydrogen-bond donors (Lipinski definition) is 2. The number of barbiturate groups is 1. The van der Waals surface area contributed by atoms with Crippen molar-refractivity contribution in [1.29, 1.82) is 0 Å². The van der Waals surface area contributed by atoms with E-state index >= 15 is 0 Å². The van der Waals surface area contributed by atoms with Gasteiger partial charge in [0, 0.05) is 0 Å². The van der Waals surface area contributed by atoms with E-state index in [0.29, 0.717) is 0 Å². The minimum atomic E-state index is -0.734. The molecule has 1 aliphatic heterocycles. The molecular formula is C8H13N2NaO3. The van der Waals surface area contributed by atoms with Crippen LogP contribution >= 0.6 is 0 Å². The fraction of sp³-hybridized carbons (Fsp3) is 0.625. The summed E-state index contributed by atoms with van der Waals surface area (Å²) in [6, 6.07) is -0.727. The Kier molecular flexibility index (Phi) is 5.33. The van der Waals surface area contributed by atoms with Crippen LogP contribution in [0.2, 0.25) is 0 Å². The van der Waals surface area contributed by atoms with Crippen molar-refractivity contribution in [3.8, 4) is 0 Å². The van der Waals surface area contributed by atoms with E-state index in [1.54, 1.807) is 6.92 Å². The molecule has 5 nitrogen and oxygen atoms in total. The quantitative estimate of drug-likeness (QED) is 0.378. The zero-order valence-electron chi connectivity index (χ0n) is 9.59. The number of urea groups is 1. The number of carbonyl (C=O) groups is 3. The minimum absolute atomic E-state index is 0. The molecule has 0 aromatic heterocycles. The van der Waals surface area contributed by atoms with Crippen molar-refractivity contribution in [2.24, 2.45) is 11.8 Å². The van der Waals surface area contributed by atoms with Gasteiger partial charge in [0.2, 0.25) is 11.8 Å². The molecule has 4 amide bonds. The SMILES string of the molecule is CCC(C)C1C(=O)NC(=O)NC1=O.[H-].[Na+]. The van der Waals surface area contributed by atoms with Crippen LogP contribution in [0.3, 0.4) is 0 Å². The molecule has 0 aromatic carbocycles. The summed E-state index contributed by atoms with van der Waals surface area (Å²) in [6.45, 7) is 3.70. The molecule has 0 aromatic rings. The first kappa shape index (κ1) is 13.6. The summed E-state index contributed by atoms with van der Waals surface area (Å²) < 4.78 is 0. The number of carbonyl (C=O) groups excluding carboxylic acids is 3. The van der Waals surface area contributed by atoms with Crippen LogP contribution in [-0.4, -0.2) is 17.8 Å². The standard InChI is InChI=1S/C8H12N2O3.Na.H/c1-3-4(2)5-6(11)9-8(13)10-7(5)12;;/h4-5H,3H2,1-2H3,(H2,9,10,11,12,13);;/q;+1;-1. The van der Waals surface area contributed by atoms with Gasteiger partial charge in [-0.1, -0.05) is 20.3 Å². The molecule has 0 saturated carbocycles. The zero-order valence-corrected chi connectivity index (χ0v) is 10.6. The summed E-state index contributed by atoms with van der Waals surface area (Å²) in [5.74, 6) is -1.78. The van der Waals surface area contributed by atoms with E-state index in [1.165, 1.54) is 0 Å². The van der Waals surface area contributed by atoms with Crippen molar-refractivity contribution in [3.05, 3.63) is 0 Å². The van der Waals surface area contributed by atoms with Crippen LogP contribution in [0.4, 0.5) is 4.79 Å². The van der Waals surface area contributed by atoms with Crippen LogP contribution in [0.5, 0.6) is 0 Å². The van der Waals surface area contributed by atoms with Crippen molar-refractivity contribution >= 4 is 17.8 Å². The number of hydrogen-bond acceptors (Lipinski definition) is 3. The molecule has 1 heterocycles. The molecule has 0 aliphatic carbocycles. The third-order valence-electron chi connectivity index (χ3n) is 2.25. The Labute approximate surface area is 106 Å². The summed E-state index contributed by atoms with van der Waals surface area (Å²) in [5.41, 5.74) is 0. The van der Waals surface area contributed by atoms with Gasteiger partial charge in [0.15, 0.2) is 0 Å². The van der Waals surface area contributed by atoms with Crippen LogP contribution in [-0.2, 0) is 9.59 Å². The molecule has 0 bridgehead atoms. The van der Waals surface area contributed by atoms with Crippen LogP contribution in [0.25, 0.3) is 0 Å². The molecule has 1 fully saturated rings. The summed E-state index contributed by atoms with van der Waals surface area (Å²) in [6.07, 6.45) is 0.722. The van der Waals surface area contributed by atoms with Gasteiger partial charge in [0.25, 0.3) is 0 Å². The normalized spacial score (nSPS) is 19.4. The maximum absolute atomic E-state index is 11.2. The maximum Gasteiger partial charge on any atom is 1.00 e. The maximum atomic E-state index is 11.2. The Balaban J connectivity index is 0. The average molecular weight is 208 g/mol. The Morgan fingerprint density at radius 3 is 2.07 bits per heavy atom. The van der Waals surface area contributed by atoms with Crippen LogP contribution in [0.1, 0.15) is 21.7 Å². The van der Waals surface area contributed by atoms with E-state index in [0.717, 1.165) is 6.42 Å². The number of imide groups is 2. The minimum Gasteiger partial charge on any atom is -1.00 e. The van der Waals surface area contributed by atoms with Crippen LogP contribution in [0.15, 0.2) is 0 Å². The van der Waals surface area contributed by atoms with Gasteiger partial charge < -0.3 is 1.43 Å². The Bertz CT molecular complexity index is 253. The molecule has 1 unspecified atom stereocenters. The van der Waals surface area contributed by atoms with Gasteiger partial charge in [-0.2, -0.15) is 0 Å². The Morgan fingerprint density at radius 2 is 1.71 bits per heavy atom. The first-order valence-corrected chi connectivity index (χ1v) is 4.22. The molecule has 1 aliphatic rings. The van der Waals surface area contributed by atoms with E-state index in [9.17, 15) is 14.4 Å². The van der Waals surface area contributed by atoms with Crippen molar-refractivity contribution < 1.29 is 45.4 Å². The smallest absolute Gasteiger partial charge is 1.00 e. The third-order valence-corrected chi connectivity index (χ3v) is 2.25. The summed E-state index contributed by atoms with van der Waals surface area (Å²) >= 11 is 0. The second kappa shape index (κ2) is 5.48. The number of rotatable bonds is 2. The van der Waals surface area contributed by atoms with Gasteiger partial charge in [0.05, 0.1) is 0 Å². The zero-order chi connectivity index (χ0) is 10.0. The van der Waals surface area contributed by atoms with Gasteiger partial charge in [-0.3, -0.25) is 20.2 Å². The molecule has 6 heteroatoms. The molecule has 1 rings (SSSR count). The summed E-state index contributed by atoms with van der Waals surface area (Å²) in [4.78, 5) is 33.1. The first-order valence-electron chi connectivity index (χ1n) is 4.22. The van der Waals surface area contributed by atoms with Crippen molar-refractivity contribution in [2.75, 3.05) is 0 Å².